The summed E-state index contributed by atoms with van der Waals surface area (Å²) in [5.74, 6) is -0.762. The van der Waals surface area contributed by atoms with E-state index in [1.165, 1.54) is 51.4 Å². The standard InChI is InChI=1S/C16H36P.C10H7F6O2/c1-5-9-13-17(14-10-6-2,15-11-7-3)16-12-8-4;1-18-7-5-3-2-4-6(7)8(17,9(11,12)13)10(14,15)16/h5-16H2,1-4H3;2-5H,1H3/q+1;-1. The molecule has 0 N–H and O–H groups in total. The van der Waals surface area contributed by atoms with Gasteiger partial charge in [0.25, 0.3) is 0 Å². The normalized spacial score (nSPS) is 12.8. The largest absolute Gasteiger partial charge is 0.833 e. The number of benzene rings is 1. The van der Waals surface area contributed by atoms with Crippen molar-refractivity contribution in [2.75, 3.05) is 31.8 Å². The van der Waals surface area contributed by atoms with Crippen LogP contribution >= 0.6 is 7.26 Å². The van der Waals surface area contributed by atoms with Crippen molar-refractivity contribution in [1.82, 2.24) is 0 Å². The molecule has 9 heteroatoms. The summed E-state index contributed by atoms with van der Waals surface area (Å²) < 4.78 is 79.5. The number of methoxy groups -OCH3 is 1. The number of unbranched alkanes of at least 4 members (excludes halogenated alkanes) is 4. The Morgan fingerprint density at radius 2 is 1.03 bits per heavy atom. The third-order valence-electron chi connectivity index (χ3n) is 6.23. The molecule has 0 aliphatic carbocycles. The summed E-state index contributed by atoms with van der Waals surface area (Å²) in [6, 6.07) is 3.38. The molecule has 0 aliphatic heterocycles. The SMILES string of the molecule is CCCC[P+](CCCC)(CCCC)CCCC.COc1ccccc1C([O-])(C(F)(F)F)C(F)(F)F. The van der Waals surface area contributed by atoms with E-state index in [1.54, 1.807) is 24.6 Å². The Labute approximate surface area is 208 Å². The third kappa shape index (κ3) is 10.1. The first kappa shape index (κ1) is 34.0. The van der Waals surface area contributed by atoms with E-state index in [0.29, 0.717) is 6.07 Å². The predicted octanol–water partition coefficient (Wildman–Crippen LogP) is 8.58. The van der Waals surface area contributed by atoms with Crippen LogP contribution in [0, 0.1) is 0 Å². The quantitative estimate of drug-likeness (QED) is 0.178. The molecular weight excluding hydrogens is 489 g/mol. The molecule has 0 fully saturated rings. The topological polar surface area (TPSA) is 32.3 Å². The van der Waals surface area contributed by atoms with Crippen LogP contribution in [-0.2, 0) is 5.60 Å². The molecule has 0 atom stereocenters. The molecule has 0 amide bonds. The number of alkyl halides is 6. The molecule has 35 heavy (non-hydrogen) atoms. The van der Waals surface area contributed by atoms with Crippen LogP contribution in [0.15, 0.2) is 24.3 Å². The maximum atomic E-state index is 12.5. The highest BCUT2D eigenvalue weighted by molar-refractivity contribution is 7.75. The van der Waals surface area contributed by atoms with E-state index in [9.17, 15) is 31.4 Å². The van der Waals surface area contributed by atoms with Crippen molar-refractivity contribution in [2.24, 2.45) is 0 Å². The molecule has 0 spiro atoms. The van der Waals surface area contributed by atoms with Crippen LogP contribution in [0.5, 0.6) is 5.75 Å². The van der Waals surface area contributed by atoms with Crippen LogP contribution in [0.1, 0.15) is 84.6 Å². The zero-order chi connectivity index (χ0) is 27.2. The maximum absolute atomic E-state index is 12.5. The van der Waals surface area contributed by atoms with Gasteiger partial charge in [0, 0.05) is 12.8 Å². The first-order valence-electron chi connectivity index (χ1n) is 12.6. The van der Waals surface area contributed by atoms with Gasteiger partial charge in [-0.15, -0.1) is 0 Å². The second-order valence-electron chi connectivity index (χ2n) is 9.03. The molecule has 0 radical (unpaired) electrons. The van der Waals surface area contributed by atoms with Gasteiger partial charge in [0.05, 0.1) is 31.8 Å². The van der Waals surface area contributed by atoms with E-state index in [-0.39, 0.29) is 0 Å². The molecule has 1 aromatic carbocycles. The highest BCUT2D eigenvalue weighted by Gasteiger charge is 2.63. The van der Waals surface area contributed by atoms with E-state index >= 15 is 0 Å². The second-order valence-corrected chi connectivity index (χ2v) is 13.5. The zero-order valence-electron chi connectivity index (χ0n) is 21.8. The van der Waals surface area contributed by atoms with Crippen molar-refractivity contribution in [2.45, 2.75) is 97.0 Å². The first-order valence-corrected chi connectivity index (χ1v) is 15.2. The van der Waals surface area contributed by atoms with Crippen LogP contribution in [0.25, 0.3) is 0 Å². The molecule has 0 heterocycles. The van der Waals surface area contributed by atoms with Gasteiger partial charge >= 0.3 is 12.4 Å². The maximum Gasteiger partial charge on any atom is 0.392 e. The van der Waals surface area contributed by atoms with Crippen LogP contribution in [0.4, 0.5) is 26.3 Å². The van der Waals surface area contributed by atoms with Crippen molar-refractivity contribution in [1.29, 1.82) is 0 Å². The Bertz CT molecular complexity index is 640. The van der Waals surface area contributed by atoms with Gasteiger partial charge in [-0.3, -0.25) is 0 Å². The summed E-state index contributed by atoms with van der Waals surface area (Å²) in [6.07, 6.45) is 5.89. The van der Waals surface area contributed by atoms with Gasteiger partial charge in [-0.1, -0.05) is 71.6 Å². The van der Waals surface area contributed by atoms with Crippen LogP contribution in [0.3, 0.4) is 0 Å². The monoisotopic (exact) mass is 532 g/mol. The van der Waals surface area contributed by atoms with E-state index in [4.69, 9.17) is 0 Å². The molecule has 0 aromatic heterocycles. The van der Waals surface area contributed by atoms with E-state index < -0.39 is 36.5 Å². The average Bonchev–Trinajstić information content (AvgIpc) is 2.81. The summed E-state index contributed by atoms with van der Waals surface area (Å²) >= 11 is 0. The second kappa shape index (κ2) is 16.0. The molecule has 0 saturated carbocycles. The van der Waals surface area contributed by atoms with Crippen LogP contribution in [-0.4, -0.2) is 44.1 Å². The lowest BCUT2D eigenvalue weighted by molar-refractivity contribution is -0.604. The van der Waals surface area contributed by atoms with Gasteiger partial charge in [0.1, 0.15) is 11.4 Å². The van der Waals surface area contributed by atoms with Gasteiger partial charge in [-0.2, -0.15) is 26.3 Å². The Hall–Kier alpha value is -1.01. The van der Waals surface area contributed by atoms with E-state index in [2.05, 4.69) is 32.4 Å². The van der Waals surface area contributed by atoms with Gasteiger partial charge in [-0.05, 0) is 31.7 Å². The lowest BCUT2D eigenvalue weighted by Gasteiger charge is -2.43. The highest BCUT2D eigenvalue weighted by atomic mass is 31.2. The summed E-state index contributed by atoms with van der Waals surface area (Å²) in [5, 5.41) is 11.4. The molecular formula is C26H43F6O2P. The van der Waals surface area contributed by atoms with Gasteiger partial charge in [-0.25, -0.2) is 0 Å². The van der Waals surface area contributed by atoms with E-state index in [1.807, 2.05) is 0 Å². The first-order chi connectivity index (χ1) is 16.3. The predicted molar refractivity (Wildman–Crippen MR) is 133 cm³/mol. The fraction of sp³-hybridized carbons (Fsp3) is 0.769. The number of hydrogen-bond donors (Lipinski definition) is 0. The molecule has 0 unspecified atom stereocenters. The summed E-state index contributed by atoms with van der Waals surface area (Å²) in [7, 11) is 0.319. The van der Waals surface area contributed by atoms with Crippen molar-refractivity contribution in [3.8, 4) is 5.75 Å². The van der Waals surface area contributed by atoms with Crippen molar-refractivity contribution in [3.63, 3.8) is 0 Å². The minimum Gasteiger partial charge on any atom is -0.833 e. The highest BCUT2D eigenvalue weighted by Crippen LogP contribution is 2.61. The molecule has 0 aliphatic rings. The molecule has 1 rings (SSSR count). The Morgan fingerprint density at radius 1 is 0.686 bits per heavy atom. The smallest absolute Gasteiger partial charge is 0.392 e. The van der Waals surface area contributed by atoms with Crippen LogP contribution < -0.4 is 9.84 Å². The molecule has 1 aromatic rings. The van der Waals surface area contributed by atoms with Gasteiger partial charge in [0.15, 0.2) is 0 Å². The number of para-hydroxylation sites is 1. The number of hydrogen-bond acceptors (Lipinski definition) is 2. The van der Waals surface area contributed by atoms with Crippen LogP contribution in [0.2, 0.25) is 0 Å². The fourth-order valence-corrected chi connectivity index (χ4v) is 9.34. The lowest BCUT2D eigenvalue weighted by Crippen LogP contribution is -2.63. The summed E-state index contributed by atoms with van der Waals surface area (Å²) in [4.78, 5) is 0. The number of rotatable bonds is 14. The van der Waals surface area contributed by atoms with Crippen molar-refractivity contribution < 1.29 is 36.2 Å². The Balaban J connectivity index is 0.000000662. The summed E-state index contributed by atoms with van der Waals surface area (Å²) in [5.41, 5.74) is -6.72. The summed E-state index contributed by atoms with van der Waals surface area (Å²) in [6.45, 7) is 9.42. The van der Waals surface area contributed by atoms with Gasteiger partial charge in [0.2, 0.25) is 0 Å². The molecule has 206 valence electrons. The zero-order valence-corrected chi connectivity index (χ0v) is 22.7. The minimum atomic E-state index is -6.03. The molecule has 0 saturated heterocycles. The lowest BCUT2D eigenvalue weighted by atomic mass is 9.91. The van der Waals surface area contributed by atoms with Crippen molar-refractivity contribution >= 4 is 7.26 Å². The van der Waals surface area contributed by atoms with Gasteiger partial charge < -0.3 is 9.84 Å². The number of ether oxygens (including phenoxy) is 1. The molecule has 2 nitrogen and oxygen atoms in total. The third-order valence-corrected chi connectivity index (χ3v) is 11.3. The minimum absolute atomic E-state index is 0.451. The average molecular weight is 533 g/mol. The fourth-order valence-electron chi connectivity index (χ4n) is 4.05. The molecule has 0 bridgehead atoms. The number of halogens is 6. The van der Waals surface area contributed by atoms with E-state index in [0.717, 1.165) is 25.3 Å². The Kier molecular flexibility index (Phi) is 15.5. The Morgan fingerprint density at radius 3 is 1.31 bits per heavy atom. The van der Waals surface area contributed by atoms with Crippen molar-refractivity contribution in [3.05, 3.63) is 29.8 Å².